The summed E-state index contributed by atoms with van der Waals surface area (Å²) in [7, 11) is 0. The number of halogens is 1. The van der Waals surface area contributed by atoms with Crippen LogP contribution in [0.3, 0.4) is 0 Å². The van der Waals surface area contributed by atoms with Gasteiger partial charge in [-0.25, -0.2) is 4.79 Å². The van der Waals surface area contributed by atoms with Gasteiger partial charge in [0.05, 0.1) is 0 Å². The monoisotopic (exact) mass is 325 g/mol. The van der Waals surface area contributed by atoms with Gasteiger partial charge in [0.15, 0.2) is 5.69 Å². The van der Waals surface area contributed by atoms with E-state index in [0.717, 1.165) is 16.7 Å². The molecule has 2 N–H and O–H groups in total. The molecule has 0 saturated heterocycles. The maximum atomic E-state index is 11.0. The topological polar surface area (TPSA) is 78.9 Å². The van der Waals surface area contributed by atoms with E-state index in [0.29, 0.717) is 5.02 Å². The molecule has 0 bridgehead atoms. The first kappa shape index (κ1) is 15.0. The number of aromatic nitrogens is 3. The molecule has 5 nitrogen and oxygen atoms in total. The minimum atomic E-state index is -1.12. The molecule has 1 aromatic heterocycles. The number of nitrogens with one attached hydrogen (secondary N) is 1. The third-order valence-corrected chi connectivity index (χ3v) is 3.64. The van der Waals surface area contributed by atoms with Crippen molar-refractivity contribution in [2.45, 2.75) is 0 Å². The summed E-state index contributed by atoms with van der Waals surface area (Å²) in [6, 6.07) is 15.4. The molecule has 0 radical (unpaired) electrons. The van der Waals surface area contributed by atoms with Crippen molar-refractivity contribution >= 4 is 29.7 Å². The lowest BCUT2D eigenvalue weighted by molar-refractivity contribution is 0.0690. The second-order valence-corrected chi connectivity index (χ2v) is 5.20. The van der Waals surface area contributed by atoms with Gasteiger partial charge >= 0.3 is 5.97 Å². The average molecular weight is 326 g/mol. The first-order valence-corrected chi connectivity index (χ1v) is 7.20. The lowest BCUT2D eigenvalue weighted by Gasteiger charge is -2.04. The Balaban J connectivity index is 1.83. The minimum absolute atomic E-state index is 0.103. The molecule has 114 valence electrons. The normalized spacial score (nSPS) is 11.0. The fourth-order valence-electron chi connectivity index (χ4n) is 2.16. The van der Waals surface area contributed by atoms with Gasteiger partial charge in [0.1, 0.15) is 5.69 Å². The van der Waals surface area contributed by atoms with Crippen molar-refractivity contribution in [1.29, 1.82) is 0 Å². The van der Waals surface area contributed by atoms with Crippen molar-refractivity contribution in [2.75, 3.05) is 0 Å². The van der Waals surface area contributed by atoms with Gasteiger partial charge in [-0.05, 0) is 23.3 Å². The maximum Gasteiger partial charge on any atom is 0.358 e. The number of aromatic carboxylic acids is 1. The molecular formula is C17H12ClN3O2. The first-order valence-electron chi connectivity index (χ1n) is 6.82. The van der Waals surface area contributed by atoms with Crippen LogP contribution in [0.15, 0.2) is 48.5 Å². The van der Waals surface area contributed by atoms with Crippen molar-refractivity contribution in [3.63, 3.8) is 0 Å². The molecule has 0 aliphatic heterocycles. The van der Waals surface area contributed by atoms with E-state index in [2.05, 4.69) is 15.4 Å². The van der Waals surface area contributed by atoms with Crippen LogP contribution in [0.5, 0.6) is 0 Å². The lowest BCUT2D eigenvalue weighted by Crippen LogP contribution is -1.98. The smallest absolute Gasteiger partial charge is 0.358 e. The van der Waals surface area contributed by atoms with Crippen LogP contribution in [0.25, 0.3) is 23.3 Å². The number of benzene rings is 2. The van der Waals surface area contributed by atoms with E-state index in [1.807, 2.05) is 48.5 Å². The summed E-state index contributed by atoms with van der Waals surface area (Å²) in [5, 5.41) is 19.4. The lowest BCUT2D eigenvalue weighted by atomic mass is 10.0. The van der Waals surface area contributed by atoms with Crippen molar-refractivity contribution in [3.05, 3.63) is 70.5 Å². The Morgan fingerprint density at radius 3 is 2.48 bits per heavy atom. The fourth-order valence-corrected chi connectivity index (χ4v) is 2.40. The molecule has 2 aromatic carbocycles. The van der Waals surface area contributed by atoms with Crippen LogP contribution >= 0.6 is 11.6 Å². The Hall–Kier alpha value is -2.92. The van der Waals surface area contributed by atoms with E-state index < -0.39 is 5.97 Å². The Kier molecular flexibility index (Phi) is 4.21. The highest BCUT2D eigenvalue weighted by Gasteiger charge is 2.12. The van der Waals surface area contributed by atoms with E-state index in [9.17, 15) is 4.79 Å². The van der Waals surface area contributed by atoms with Crippen LogP contribution in [0.2, 0.25) is 5.02 Å². The molecule has 1 heterocycles. The van der Waals surface area contributed by atoms with Gasteiger partial charge in [-0.3, -0.25) is 0 Å². The fraction of sp³-hybridized carbons (Fsp3) is 0. The molecule has 0 atom stereocenters. The second kappa shape index (κ2) is 6.46. The van der Waals surface area contributed by atoms with Crippen LogP contribution in [0, 0.1) is 0 Å². The number of hydrogen-bond donors (Lipinski definition) is 2. The third-order valence-electron chi connectivity index (χ3n) is 3.31. The second-order valence-electron chi connectivity index (χ2n) is 4.80. The highest BCUT2D eigenvalue weighted by Crippen LogP contribution is 2.27. The van der Waals surface area contributed by atoms with E-state index in [4.69, 9.17) is 16.7 Å². The molecule has 0 spiro atoms. The van der Waals surface area contributed by atoms with Crippen molar-refractivity contribution in [1.82, 2.24) is 15.4 Å². The van der Waals surface area contributed by atoms with Gasteiger partial charge in [0.25, 0.3) is 0 Å². The number of H-pyrrole nitrogens is 1. The molecule has 0 aliphatic carbocycles. The zero-order valence-corrected chi connectivity index (χ0v) is 12.7. The van der Waals surface area contributed by atoms with Crippen LogP contribution in [-0.4, -0.2) is 26.5 Å². The summed E-state index contributed by atoms with van der Waals surface area (Å²) in [4.78, 5) is 11.0. The van der Waals surface area contributed by atoms with Crippen LogP contribution in [-0.2, 0) is 0 Å². The van der Waals surface area contributed by atoms with E-state index >= 15 is 0 Å². The highest BCUT2D eigenvalue weighted by molar-refractivity contribution is 6.33. The molecule has 0 unspecified atom stereocenters. The molecule has 3 aromatic rings. The molecule has 6 heteroatoms. The maximum absolute atomic E-state index is 11.0. The Morgan fingerprint density at radius 1 is 1.04 bits per heavy atom. The van der Waals surface area contributed by atoms with Crippen LogP contribution in [0.4, 0.5) is 0 Å². The van der Waals surface area contributed by atoms with E-state index in [1.165, 1.54) is 0 Å². The van der Waals surface area contributed by atoms with E-state index in [-0.39, 0.29) is 11.4 Å². The SMILES string of the molecule is O=C(O)c1n[nH]nc1C=Cc1ccc(-c2ccccc2Cl)cc1. The minimum Gasteiger partial charge on any atom is -0.476 e. The van der Waals surface area contributed by atoms with Gasteiger partial charge < -0.3 is 5.11 Å². The van der Waals surface area contributed by atoms with Crippen molar-refractivity contribution < 1.29 is 9.90 Å². The number of nitrogens with zero attached hydrogens (tertiary/aromatic N) is 2. The Morgan fingerprint density at radius 2 is 1.78 bits per heavy atom. The largest absolute Gasteiger partial charge is 0.476 e. The summed E-state index contributed by atoms with van der Waals surface area (Å²) in [6.07, 6.45) is 3.39. The number of carboxylic acids is 1. The summed E-state index contributed by atoms with van der Waals surface area (Å²) >= 11 is 6.19. The number of aromatic amines is 1. The molecular weight excluding hydrogens is 314 g/mol. The predicted molar refractivity (Wildman–Crippen MR) is 89.2 cm³/mol. The Labute approximate surface area is 137 Å². The number of carbonyl (C=O) groups is 1. The average Bonchev–Trinajstić information content (AvgIpc) is 3.03. The quantitative estimate of drug-likeness (QED) is 0.760. The number of rotatable bonds is 4. The van der Waals surface area contributed by atoms with Crippen molar-refractivity contribution in [3.8, 4) is 11.1 Å². The predicted octanol–water partition coefficient (Wildman–Crippen LogP) is 3.99. The zero-order chi connectivity index (χ0) is 16.2. The molecule has 0 saturated carbocycles. The summed E-state index contributed by atoms with van der Waals surface area (Å²) in [6.45, 7) is 0. The van der Waals surface area contributed by atoms with Gasteiger partial charge in [-0.2, -0.15) is 10.3 Å². The van der Waals surface area contributed by atoms with Crippen LogP contribution in [0.1, 0.15) is 21.7 Å². The zero-order valence-electron chi connectivity index (χ0n) is 11.9. The molecule has 0 amide bonds. The van der Waals surface area contributed by atoms with Crippen molar-refractivity contribution in [2.24, 2.45) is 0 Å². The third kappa shape index (κ3) is 3.30. The van der Waals surface area contributed by atoms with E-state index in [1.54, 1.807) is 12.2 Å². The molecule has 0 fully saturated rings. The first-order chi connectivity index (χ1) is 11.1. The number of carboxylic acid groups (broad SMARTS) is 1. The molecule has 0 aliphatic rings. The number of hydrogen-bond acceptors (Lipinski definition) is 3. The standard InChI is InChI=1S/C17H12ClN3O2/c18-14-4-2-1-3-13(14)12-8-5-11(6-9-12)7-10-15-16(17(22)23)20-21-19-15/h1-10H,(H,22,23)(H,19,20,21). The van der Waals surface area contributed by atoms with Gasteiger partial charge in [0.2, 0.25) is 0 Å². The van der Waals surface area contributed by atoms with Crippen LogP contribution < -0.4 is 0 Å². The van der Waals surface area contributed by atoms with Gasteiger partial charge in [0, 0.05) is 10.6 Å². The Bertz CT molecular complexity index is 870. The molecule has 3 rings (SSSR count). The summed E-state index contributed by atoms with van der Waals surface area (Å²) in [5.74, 6) is -1.12. The molecule has 23 heavy (non-hydrogen) atoms. The van der Waals surface area contributed by atoms with Gasteiger partial charge in [-0.1, -0.05) is 60.1 Å². The van der Waals surface area contributed by atoms with Gasteiger partial charge in [-0.15, -0.1) is 5.10 Å². The summed E-state index contributed by atoms with van der Waals surface area (Å²) < 4.78 is 0. The summed E-state index contributed by atoms with van der Waals surface area (Å²) in [5.41, 5.74) is 3.08. The highest BCUT2D eigenvalue weighted by atomic mass is 35.5.